The molecule has 1 heterocycles. The lowest BCUT2D eigenvalue weighted by Crippen LogP contribution is -2.06. The smallest absolute Gasteiger partial charge is 0.142 e. The summed E-state index contributed by atoms with van der Waals surface area (Å²) in [7, 11) is 0. The summed E-state index contributed by atoms with van der Waals surface area (Å²) in [6, 6.07) is 0. The fourth-order valence-corrected chi connectivity index (χ4v) is 2.25. The van der Waals surface area contributed by atoms with Crippen LogP contribution in [0.3, 0.4) is 0 Å². The second-order valence-electron chi connectivity index (χ2n) is 2.47. The van der Waals surface area contributed by atoms with Crippen LogP contribution >= 0.6 is 11.8 Å². The average Bonchev–Trinajstić information content (AvgIpc) is 2.03. The van der Waals surface area contributed by atoms with Crippen molar-refractivity contribution in [3.05, 3.63) is 12.2 Å². The minimum atomic E-state index is 0.673. The van der Waals surface area contributed by atoms with Gasteiger partial charge in [0, 0.05) is 0 Å². The summed E-state index contributed by atoms with van der Waals surface area (Å²) in [5.74, 6) is 3.19. The quantitative estimate of drug-likeness (QED) is 0.448. The third-order valence-electron chi connectivity index (χ3n) is 1.73. The van der Waals surface area contributed by atoms with Crippen LogP contribution in [0.2, 0.25) is 0 Å². The maximum absolute atomic E-state index is 9.96. The second-order valence-corrected chi connectivity index (χ2v) is 3.70. The Morgan fingerprint density at radius 1 is 1.30 bits per heavy atom. The summed E-state index contributed by atoms with van der Waals surface area (Å²) in [5.41, 5.74) is 0. The minimum absolute atomic E-state index is 0.673. The Morgan fingerprint density at radius 3 is 2.60 bits per heavy atom. The minimum Gasteiger partial charge on any atom is -0.299 e. The van der Waals surface area contributed by atoms with Gasteiger partial charge in [-0.15, -0.1) is 0 Å². The summed E-state index contributed by atoms with van der Waals surface area (Å²) in [4.78, 5) is 9.96. The van der Waals surface area contributed by atoms with Gasteiger partial charge < -0.3 is 0 Å². The molecule has 1 aliphatic rings. The Labute approximate surface area is 65.9 Å². The van der Waals surface area contributed by atoms with Crippen LogP contribution in [0.15, 0.2) is 12.2 Å². The highest BCUT2D eigenvalue weighted by Crippen LogP contribution is 2.23. The van der Waals surface area contributed by atoms with Crippen molar-refractivity contribution >= 4 is 18.0 Å². The maximum Gasteiger partial charge on any atom is 0.142 e. The fourth-order valence-electron chi connectivity index (χ4n) is 1.11. The molecule has 10 heavy (non-hydrogen) atoms. The number of hydrogen-bond acceptors (Lipinski definition) is 2. The van der Waals surface area contributed by atoms with Crippen LogP contribution in [0.5, 0.6) is 0 Å². The van der Waals surface area contributed by atoms with E-state index in [-0.39, 0.29) is 0 Å². The van der Waals surface area contributed by atoms with Gasteiger partial charge in [0.05, 0.1) is 0 Å². The van der Waals surface area contributed by atoms with Crippen LogP contribution in [0, 0.1) is 5.92 Å². The van der Waals surface area contributed by atoms with Crippen LogP contribution in [0.1, 0.15) is 12.8 Å². The monoisotopic (exact) mass is 156 g/mol. The van der Waals surface area contributed by atoms with E-state index in [0.29, 0.717) is 5.92 Å². The highest BCUT2D eigenvalue weighted by atomic mass is 32.2. The van der Waals surface area contributed by atoms with Crippen molar-refractivity contribution in [1.29, 1.82) is 0 Å². The molecule has 0 aromatic rings. The van der Waals surface area contributed by atoms with Gasteiger partial charge in [-0.05, 0) is 36.3 Å². The maximum atomic E-state index is 9.96. The molecule has 1 rings (SSSR count). The van der Waals surface area contributed by atoms with Gasteiger partial charge in [-0.2, -0.15) is 11.8 Å². The van der Waals surface area contributed by atoms with Gasteiger partial charge in [-0.1, -0.05) is 6.08 Å². The summed E-state index contributed by atoms with van der Waals surface area (Å²) in [6.45, 7) is 0. The van der Waals surface area contributed by atoms with E-state index >= 15 is 0 Å². The van der Waals surface area contributed by atoms with E-state index in [9.17, 15) is 4.79 Å². The van der Waals surface area contributed by atoms with E-state index in [1.165, 1.54) is 24.3 Å². The van der Waals surface area contributed by atoms with Gasteiger partial charge in [0.25, 0.3) is 0 Å². The first kappa shape index (κ1) is 7.86. The van der Waals surface area contributed by atoms with Crippen LogP contribution < -0.4 is 0 Å². The molecule has 1 fully saturated rings. The molecule has 2 heteroatoms. The SMILES string of the molecule is O=C/C=C/C1CCSCC1. The van der Waals surface area contributed by atoms with E-state index in [1.54, 1.807) is 6.08 Å². The first-order valence-corrected chi connectivity index (χ1v) is 4.78. The molecule has 0 atom stereocenters. The topological polar surface area (TPSA) is 17.1 Å². The lowest BCUT2D eigenvalue weighted by atomic mass is 10.0. The Morgan fingerprint density at radius 2 is 2.00 bits per heavy atom. The van der Waals surface area contributed by atoms with Crippen molar-refractivity contribution in [2.45, 2.75) is 12.8 Å². The molecule has 1 aliphatic heterocycles. The number of carbonyl (C=O) groups is 1. The molecular formula is C8H12OS. The second kappa shape index (κ2) is 4.56. The molecule has 0 aliphatic carbocycles. The molecule has 0 N–H and O–H groups in total. The standard InChI is InChI=1S/C8H12OS/c9-5-1-2-8-3-6-10-7-4-8/h1-2,5,8H,3-4,6-7H2/b2-1+. The number of thioether (sulfide) groups is 1. The van der Waals surface area contributed by atoms with Crippen molar-refractivity contribution in [3.8, 4) is 0 Å². The van der Waals surface area contributed by atoms with Crippen molar-refractivity contribution in [1.82, 2.24) is 0 Å². The molecule has 0 bridgehead atoms. The fraction of sp³-hybridized carbons (Fsp3) is 0.625. The van der Waals surface area contributed by atoms with Crippen molar-refractivity contribution in [3.63, 3.8) is 0 Å². The van der Waals surface area contributed by atoms with Crippen molar-refractivity contribution in [2.24, 2.45) is 5.92 Å². The van der Waals surface area contributed by atoms with Crippen LogP contribution in [-0.2, 0) is 4.79 Å². The molecular weight excluding hydrogens is 144 g/mol. The van der Waals surface area contributed by atoms with E-state index in [4.69, 9.17) is 0 Å². The van der Waals surface area contributed by atoms with Gasteiger partial charge in [0.2, 0.25) is 0 Å². The molecule has 1 saturated heterocycles. The van der Waals surface area contributed by atoms with Gasteiger partial charge in [0.1, 0.15) is 6.29 Å². The van der Waals surface area contributed by atoms with E-state index < -0.39 is 0 Å². The summed E-state index contributed by atoms with van der Waals surface area (Å²) >= 11 is 2.01. The van der Waals surface area contributed by atoms with Gasteiger partial charge in [-0.25, -0.2) is 0 Å². The van der Waals surface area contributed by atoms with Gasteiger partial charge in [0.15, 0.2) is 0 Å². The normalized spacial score (nSPS) is 21.6. The zero-order valence-electron chi connectivity index (χ0n) is 5.95. The molecule has 0 unspecified atom stereocenters. The number of carbonyl (C=O) groups excluding carboxylic acids is 1. The molecule has 0 aromatic carbocycles. The highest BCUT2D eigenvalue weighted by molar-refractivity contribution is 7.99. The molecule has 1 nitrogen and oxygen atoms in total. The highest BCUT2D eigenvalue weighted by Gasteiger charge is 2.09. The van der Waals surface area contributed by atoms with Crippen molar-refractivity contribution < 1.29 is 4.79 Å². The molecule has 0 amide bonds. The summed E-state index contributed by atoms with van der Waals surface area (Å²) in [5, 5.41) is 0. The average molecular weight is 156 g/mol. The number of allylic oxidation sites excluding steroid dienone is 2. The Balaban J connectivity index is 2.25. The largest absolute Gasteiger partial charge is 0.299 e. The molecule has 0 radical (unpaired) electrons. The first-order chi connectivity index (χ1) is 4.93. The predicted molar refractivity (Wildman–Crippen MR) is 45.3 cm³/mol. The number of aldehydes is 1. The van der Waals surface area contributed by atoms with Crippen LogP contribution in [0.25, 0.3) is 0 Å². The zero-order chi connectivity index (χ0) is 7.23. The lowest BCUT2D eigenvalue weighted by Gasteiger charge is -2.16. The van der Waals surface area contributed by atoms with Crippen LogP contribution in [0.4, 0.5) is 0 Å². The van der Waals surface area contributed by atoms with Crippen molar-refractivity contribution in [2.75, 3.05) is 11.5 Å². The Kier molecular flexibility index (Phi) is 3.58. The van der Waals surface area contributed by atoms with Crippen LogP contribution in [-0.4, -0.2) is 17.8 Å². The lowest BCUT2D eigenvalue weighted by molar-refractivity contribution is -0.104. The van der Waals surface area contributed by atoms with E-state index in [1.807, 2.05) is 17.8 Å². The molecule has 0 spiro atoms. The Hall–Kier alpha value is -0.240. The van der Waals surface area contributed by atoms with Gasteiger partial charge in [-0.3, -0.25) is 4.79 Å². The number of hydrogen-bond donors (Lipinski definition) is 0. The predicted octanol–water partition coefficient (Wildman–Crippen LogP) is 1.88. The third-order valence-corrected chi connectivity index (χ3v) is 2.78. The van der Waals surface area contributed by atoms with Gasteiger partial charge >= 0.3 is 0 Å². The molecule has 0 saturated carbocycles. The first-order valence-electron chi connectivity index (χ1n) is 3.63. The third kappa shape index (κ3) is 2.56. The van der Waals surface area contributed by atoms with E-state index in [2.05, 4.69) is 0 Å². The zero-order valence-corrected chi connectivity index (χ0v) is 6.77. The molecule has 0 aromatic heterocycles. The molecule has 56 valence electrons. The number of rotatable bonds is 2. The summed E-state index contributed by atoms with van der Waals surface area (Å²) < 4.78 is 0. The van der Waals surface area contributed by atoms with E-state index in [0.717, 1.165) is 6.29 Å². The summed E-state index contributed by atoms with van der Waals surface area (Å²) in [6.07, 6.45) is 7.01. The Bertz CT molecular complexity index is 125.